The summed E-state index contributed by atoms with van der Waals surface area (Å²) in [4.78, 5) is 4.01. The van der Waals surface area contributed by atoms with Crippen LogP contribution in [0.2, 0.25) is 5.15 Å². The number of hydrogen-bond acceptors (Lipinski definition) is 2. The molecular formula is C6H3ClIN3. The fraction of sp³-hybridized carbons (Fsp3) is 0. The Balaban J connectivity index is 2.86. The summed E-state index contributed by atoms with van der Waals surface area (Å²) in [6.07, 6.45) is 0. The van der Waals surface area contributed by atoms with Crippen molar-refractivity contribution in [2.24, 2.45) is 0 Å². The number of fused-ring (bicyclic) bond motifs is 1. The minimum Gasteiger partial charge on any atom is -0.269 e. The average molecular weight is 279 g/mol. The van der Waals surface area contributed by atoms with Crippen LogP contribution >= 0.6 is 34.2 Å². The van der Waals surface area contributed by atoms with Crippen molar-refractivity contribution in [3.63, 3.8) is 0 Å². The van der Waals surface area contributed by atoms with E-state index < -0.39 is 0 Å². The molecule has 0 fully saturated rings. The normalized spacial score (nSPS) is 10.7. The van der Waals surface area contributed by atoms with Crippen LogP contribution in [0.3, 0.4) is 0 Å². The highest BCUT2D eigenvalue weighted by Crippen LogP contribution is 2.17. The van der Waals surface area contributed by atoms with Crippen molar-refractivity contribution in [3.05, 3.63) is 21.0 Å². The maximum Gasteiger partial charge on any atom is 0.183 e. The lowest BCUT2D eigenvalue weighted by Gasteiger charge is -1.87. The van der Waals surface area contributed by atoms with Gasteiger partial charge in [-0.2, -0.15) is 5.10 Å². The first-order chi connectivity index (χ1) is 5.27. The van der Waals surface area contributed by atoms with Gasteiger partial charge in [0.15, 0.2) is 5.65 Å². The zero-order valence-electron chi connectivity index (χ0n) is 5.31. The quantitative estimate of drug-likeness (QED) is 0.593. The molecule has 0 amide bonds. The van der Waals surface area contributed by atoms with Gasteiger partial charge in [0, 0.05) is 0 Å². The molecule has 0 aliphatic rings. The zero-order chi connectivity index (χ0) is 7.84. The van der Waals surface area contributed by atoms with E-state index >= 15 is 0 Å². The number of aromatic nitrogens is 3. The van der Waals surface area contributed by atoms with Crippen LogP contribution in [0.25, 0.3) is 11.0 Å². The zero-order valence-corrected chi connectivity index (χ0v) is 8.22. The number of pyridine rings is 1. The van der Waals surface area contributed by atoms with E-state index in [0.717, 1.165) is 9.09 Å². The van der Waals surface area contributed by atoms with Gasteiger partial charge < -0.3 is 0 Å². The maximum absolute atomic E-state index is 5.66. The second-order valence-electron chi connectivity index (χ2n) is 2.04. The first-order valence-electron chi connectivity index (χ1n) is 2.93. The largest absolute Gasteiger partial charge is 0.269 e. The molecular weight excluding hydrogens is 276 g/mol. The number of nitrogens with one attached hydrogen (secondary N) is 1. The highest BCUT2D eigenvalue weighted by atomic mass is 127. The topological polar surface area (TPSA) is 41.6 Å². The van der Waals surface area contributed by atoms with E-state index in [0.29, 0.717) is 10.8 Å². The molecule has 0 atom stereocenters. The van der Waals surface area contributed by atoms with E-state index in [4.69, 9.17) is 11.6 Å². The molecule has 0 unspecified atom stereocenters. The third kappa shape index (κ3) is 1.20. The number of H-pyrrole nitrogens is 1. The summed E-state index contributed by atoms with van der Waals surface area (Å²) in [5.41, 5.74) is 0.668. The molecule has 0 aromatic carbocycles. The molecule has 2 aromatic rings. The van der Waals surface area contributed by atoms with Gasteiger partial charge in [-0.25, -0.2) is 4.98 Å². The van der Waals surface area contributed by atoms with Crippen LogP contribution in [-0.2, 0) is 0 Å². The molecule has 5 heteroatoms. The van der Waals surface area contributed by atoms with Crippen molar-refractivity contribution in [1.82, 2.24) is 15.2 Å². The lowest BCUT2D eigenvalue weighted by Crippen LogP contribution is -1.75. The van der Waals surface area contributed by atoms with Crippen LogP contribution in [-0.4, -0.2) is 15.2 Å². The number of aromatic amines is 1. The van der Waals surface area contributed by atoms with Crippen LogP contribution in [0.5, 0.6) is 0 Å². The van der Waals surface area contributed by atoms with Crippen molar-refractivity contribution < 1.29 is 0 Å². The van der Waals surface area contributed by atoms with Crippen molar-refractivity contribution in [2.45, 2.75) is 0 Å². The fourth-order valence-electron chi connectivity index (χ4n) is 0.844. The molecule has 11 heavy (non-hydrogen) atoms. The predicted molar refractivity (Wildman–Crippen MR) is 51.6 cm³/mol. The Morgan fingerprint density at radius 1 is 1.45 bits per heavy atom. The van der Waals surface area contributed by atoms with Crippen LogP contribution < -0.4 is 0 Å². The van der Waals surface area contributed by atoms with Crippen LogP contribution in [0.15, 0.2) is 12.1 Å². The van der Waals surface area contributed by atoms with E-state index in [-0.39, 0.29) is 0 Å². The summed E-state index contributed by atoms with van der Waals surface area (Å²) in [6, 6.07) is 3.65. The Morgan fingerprint density at radius 3 is 3.09 bits per heavy atom. The fourth-order valence-corrected chi connectivity index (χ4v) is 1.53. The molecule has 0 bridgehead atoms. The number of hydrogen-bond donors (Lipinski definition) is 1. The van der Waals surface area contributed by atoms with Gasteiger partial charge in [0.1, 0.15) is 8.85 Å². The van der Waals surface area contributed by atoms with Gasteiger partial charge >= 0.3 is 0 Å². The summed E-state index contributed by atoms with van der Waals surface area (Å²) < 4.78 is 0.988. The van der Waals surface area contributed by atoms with Crippen molar-refractivity contribution in [2.75, 3.05) is 0 Å². The van der Waals surface area contributed by atoms with Crippen molar-refractivity contribution in [3.8, 4) is 0 Å². The Bertz CT molecular complexity index is 398. The SMILES string of the molecule is Clc1ccc2c(I)[nH]nc2n1. The summed E-state index contributed by atoms with van der Waals surface area (Å²) in [6.45, 7) is 0. The Labute approximate surface area is 81.3 Å². The van der Waals surface area contributed by atoms with E-state index in [2.05, 4.69) is 37.8 Å². The Hall–Kier alpha value is -0.360. The number of rotatable bonds is 0. The standard InChI is InChI=1S/C6H3ClIN3/c7-4-2-1-3-5(8)10-11-6(3)9-4/h1-2H,(H,9,10,11). The van der Waals surface area contributed by atoms with Crippen LogP contribution in [0.1, 0.15) is 0 Å². The van der Waals surface area contributed by atoms with Gasteiger partial charge in [-0.05, 0) is 34.7 Å². The van der Waals surface area contributed by atoms with Gasteiger partial charge in [0.2, 0.25) is 0 Å². The van der Waals surface area contributed by atoms with Gasteiger partial charge in [-0.15, -0.1) is 0 Å². The molecule has 0 saturated heterocycles. The lowest BCUT2D eigenvalue weighted by atomic mass is 10.4. The molecule has 0 spiro atoms. The number of nitrogens with zero attached hydrogens (tertiary/aromatic N) is 2. The molecule has 56 valence electrons. The molecule has 0 aliphatic heterocycles. The molecule has 3 nitrogen and oxygen atoms in total. The molecule has 2 aromatic heterocycles. The molecule has 2 rings (SSSR count). The highest BCUT2D eigenvalue weighted by Gasteiger charge is 2.02. The number of halogens is 2. The highest BCUT2D eigenvalue weighted by molar-refractivity contribution is 14.1. The van der Waals surface area contributed by atoms with Gasteiger partial charge in [-0.1, -0.05) is 11.6 Å². The monoisotopic (exact) mass is 279 g/mol. The third-order valence-corrected chi connectivity index (χ3v) is 2.37. The molecule has 0 saturated carbocycles. The average Bonchev–Trinajstić information content (AvgIpc) is 2.32. The summed E-state index contributed by atoms with van der Waals surface area (Å²) in [5.74, 6) is 0. The minimum atomic E-state index is 0.473. The molecule has 2 heterocycles. The first kappa shape index (κ1) is 7.30. The molecule has 1 N–H and O–H groups in total. The van der Waals surface area contributed by atoms with Gasteiger partial charge in [-0.3, -0.25) is 5.10 Å². The maximum atomic E-state index is 5.66. The van der Waals surface area contributed by atoms with Crippen LogP contribution in [0.4, 0.5) is 0 Å². The van der Waals surface area contributed by atoms with E-state index in [1.807, 2.05) is 6.07 Å². The second kappa shape index (κ2) is 2.60. The van der Waals surface area contributed by atoms with E-state index in [1.165, 1.54) is 0 Å². The van der Waals surface area contributed by atoms with Crippen LogP contribution in [0, 0.1) is 3.70 Å². The van der Waals surface area contributed by atoms with Gasteiger partial charge in [0.25, 0.3) is 0 Å². The Kier molecular flexibility index (Phi) is 1.72. The lowest BCUT2D eigenvalue weighted by molar-refractivity contribution is 1.08. The first-order valence-corrected chi connectivity index (χ1v) is 4.39. The van der Waals surface area contributed by atoms with Crippen molar-refractivity contribution >= 4 is 45.2 Å². The predicted octanol–water partition coefficient (Wildman–Crippen LogP) is 2.22. The third-order valence-electron chi connectivity index (χ3n) is 1.34. The molecule has 0 aliphatic carbocycles. The molecule has 0 radical (unpaired) electrons. The second-order valence-corrected chi connectivity index (χ2v) is 3.51. The van der Waals surface area contributed by atoms with Gasteiger partial charge in [0.05, 0.1) is 5.39 Å². The van der Waals surface area contributed by atoms with Crippen molar-refractivity contribution in [1.29, 1.82) is 0 Å². The van der Waals surface area contributed by atoms with E-state index in [9.17, 15) is 0 Å². The summed E-state index contributed by atoms with van der Waals surface area (Å²) in [5, 5.41) is 8.25. The Morgan fingerprint density at radius 2 is 2.27 bits per heavy atom. The minimum absolute atomic E-state index is 0.473. The smallest absolute Gasteiger partial charge is 0.183 e. The summed E-state index contributed by atoms with van der Waals surface area (Å²) >= 11 is 7.82. The summed E-state index contributed by atoms with van der Waals surface area (Å²) in [7, 11) is 0. The van der Waals surface area contributed by atoms with E-state index in [1.54, 1.807) is 6.07 Å².